The highest BCUT2D eigenvalue weighted by atomic mass is 15.3. The summed E-state index contributed by atoms with van der Waals surface area (Å²) in [6.07, 6.45) is 0. The summed E-state index contributed by atoms with van der Waals surface area (Å²) in [6.45, 7) is 13.3. The summed E-state index contributed by atoms with van der Waals surface area (Å²) < 4.78 is 0. The molecule has 112 valence electrons. The van der Waals surface area contributed by atoms with Gasteiger partial charge in [-0.3, -0.25) is 10.1 Å². The Morgan fingerprint density at radius 2 is 2.05 bits per heavy atom. The molecule has 3 N–H and O–H groups in total. The van der Waals surface area contributed by atoms with Crippen LogP contribution in [0.1, 0.15) is 36.8 Å². The second-order valence-corrected chi connectivity index (χ2v) is 5.28. The lowest BCUT2D eigenvalue weighted by Crippen LogP contribution is -2.41. The normalized spacial score (nSPS) is 18.9. The van der Waals surface area contributed by atoms with Crippen LogP contribution in [0.3, 0.4) is 0 Å². The van der Waals surface area contributed by atoms with Gasteiger partial charge in [0.2, 0.25) is 0 Å². The van der Waals surface area contributed by atoms with Crippen molar-refractivity contribution in [1.29, 1.82) is 0 Å². The van der Waals surface area contributed by atoms with Gasteiger partial charge in [0, 0.05) is 24.3 Å². The first-order valence-corrected chi connectivity index (χ1v) is 7.38. The highest BCUT2D eigenvalue weighted by Crippen LogP contribution is 2.29. The molecule has 0 radical (unpaired) electrons. The molecule has 0 amide bonds. The fourth-order valence-electron chi connectivity index (χ4n) is 2.89. The zero-order valence-electron chi connectivity index (χ0n) is 13.0. The number of rotatable bonds is 6. The minimum atomic E-state index is 0.226. The number of guanidine groups is 1. The van der Waals surface area contributed by atoms with Gasteiger partial charge in [0.25, 0.3) is 0 Å². The van der Waals surface area contributed by atoms with E-state index in [1.165, 1.54) is 5.56 Å². The first-order chi connectivity index (χ1) is 9.58. The Hall–Kier alpha value is -1.56. The van der Waals surface area contributed by atoms with Crippen LogP contribution < -0.4 is 5.73 Å². The van der Waals surface area contributed by atoms with Crippen molar-refractivity contribution in [3.63, 3.8) is 0 Å². The van der Waals surface area contributed by atoms with E-state index in [0.717, 1.165) is 44.1 Å². The molecule has 0 bridgehead atoms. The molecule has 0 saturated carbocycles. The van der Waals surface area contributed by atoms with E-state index in [4.69, 9.17) is 5.73 Å². The molecule has 1 aromatic rings. The largest absolute Gasteiger partial charge is 0.370 e. The lowest BCUT2D eigenvalue weighted by Gasteiger charge is -2.29. The van der Waals surface area contributed by atoms with Crippen molar-refractivity contribution in [2.75, 3.05) is 32.7 Å². The molecule has 1 aliphatic rings. The number of H-pyrrole nitrogens is 1. The fourth-order valence-corrected chi connectivity index (χ4v) is 2.89. The van der Waals surface area contributed by atoms with Crippen LogP contribution in [0.2, 0.25) is 0 Å². The molecule has 0 fully saturated rings. The van der Waals surface area contributed by atoms with Crippen molar-refractivity contribution in [1.82, 2.24) is 20.0 Å². The van der Waals surface area contributed by atoms with Gasteiger partial charge < -0.3 is 15.5 Å². The standard InChI is InChI=1S/C14H26N6/c1-5-19(6-2)7-8-20-12(9-16-14(20)15)13-10(3)17-18-11(13)4/h12H,5-9H2,1-4H3,(H2,15,16)(H,17,18). The van der Waals surface area contributed by atoms with Crippen LogP contribution in [0, 0.1) is 13.8 Å². The summed E-state index contributed by atoms with van der Waals surface area (Å²) in [7, 11) is 0. The van der Waals surface area contributed by atoms with Gasteiger partial charge in [-0.05, 0) is 26.9 Å². The van der Waals surface area contributed by atoms with Crippen molar-refractivity contribution in [3.05, 3.63) is 17.0 Å². The predicted octanol–water partition coefficient (Wildman–Crippen LogP) is 1.04. The number of hydrogen-bond donors (Lipinski definition) is 2. The molecule has 2 rings (SSSR count). The van der Waals surface area contributed by atoms with Crippen LogP contribution in [0.4, 0.5) is 0 Å². The molecule has 1 aliphatic heterocycles. The third kappa shape index (κ3) is 2.80. The lowest BCUT2D eigenvalue weighted by atomic mass is 10.0. The molecule has 0 saturated heterocycles. The summed E-state index contributed by atoms with van der Waals surface area (Å²) in [5.74, 6) is 0.655. The van der Waals surface area contributed by atoms with E-state index in [1.807, 2.05) is 6.92 Å². The van der Waals surface area contributed by atoms with Gasteiger partial charge in [-0.15, -0.1) is 0 Å². The Balaban J connectivity index is 2.11. The highest BCUT2D eigenvalue weighted by molar-refractivity contribution is 5.80. The maximum absolute atomic E-state index is 6.07. The summed E-state index contributed by atoms with van der Waals surface area (Å²) in [5, 5.41) is 7.35. The Labute approximate surface area is 121 Å². The summed E-state index contributed by atoms with van der Waals surface area (Å²) in [4.78, 5) is 9.04. The quantitative estimate of drug-likeness (QED) is 0.815. The summed E-state index contributed by atoms with van der Waals surface area (Å²) >= 11 is 0. The fraction of sp³-hybridized carbons (Fsp3) is 0.714. The number of nitrogens with two attached hydrogens (primary N) is 1. The van der Waals surface area contributed by atoms with Gasteiger partial charge in [-0.25, -0.2) is 0 Å². The third-order valence-corrected chi connectivity index (χ3v) is 4.17. The number of aromatic nitrogens is 2. The highest BCUT2D eigenvalue weighted by Gasteiger charge is 2.30. The minimum absolute atomic E-state index is 0.226. The molecular formula is C14H26N6. The van der Waals surface area contributed by atoms with Gasteiger partial charge in [0.1, 0.15) is 0 Å². The molecule has 6 nitrogen and oxygen atoms in total. The van der Waals surface area contributed by atoms with Crippen LogP contribution in [-0.2, 0) is 0 Å². The maximum atomic E-state index is 6.07. The lowest BCUT2D eigenvalue weighted by molar-refractivity contribution is 0.248. The second kappa shape index (κ2) is 6.26. The van der Waals surface area contributed by atoms with Crippen LogP contribution >= 0.6 is 0 Å². The van der Waals surface area contributed by atoms with E-state index in [9.17, 15) is 0 Å². The average molecular weight is 278 g/mol. The van der Waals surface area contributed by atoms with Crippen LogP contribution in [0.15, 0.2) is 4.99 Å². The number of nitrogens with one attached hydrogen (secondary N) is 1. The van der Waals surface area contributed by atoms with E-state index in [2.05, 4.69) is 45.8 Å². The Morgan fingerprint density at radius 1 is 1.35 bits per heavy atom. The summed E-state index contributed by atoms with van der Waals surface area (Å²) in [6, 6.07) is 0.226. The van der Waals surface area contributed by atoms with Gasteiger partial charge in [-0.2, -0.15) is 5.10 Å². The van der Waals surface area contributed by atoms with Crippen molar-refractivity contribution >= 4 is 5.96 Å². The molecule has 1 aromatic heterocycles. The van der Waals surface area contributed by atoms with Crippen molar-refractivity contribution < 1.29 is 0 Å². The molecule has 20 heavy (non-hydrogen) atoms. The zero-order valence-corrected chi connectivity index (χ0v) is 13.0. The minimum Gasteiger partial charge on any atom is -0.370 e. The van der Waals surface area contributed by atoms with Gasteiger partial charge in [0.05, 0.1) is 18.3 Å². The first kappa shape index (κ1) is 14.8. The number of aromatic amines is 1. The Morgan fingerprint density at radius 3 is 2.60 bits per heavy atom. The topological polar surface area (TPSA) is 73.5 Å². The molecule has 1 unspecified atom stereocenters. The van der Waals surface area contributed by atoms with Crippen LogP contribution in [-0.4, -0.2) is 58.7 Å². The second-order valence-electron chi connectivity index (χ2n) is 5.28. The van der Waals surface area contributed by atoms with Crippen LogP contribution in [0.5, 0.6) is 0 Å². The Kier molecular flexibility index (Phi) is 4.65. The zero-order chi connectivity index (χ0) is 14.7. The van der Waals surface area contributed by atoms with Gasteiger partial charge in [-0.1, -0.05) is 13.8 Å². The number of hydrogen-bond acceptors (Lipinski definition) is 5. The van der Waals surface area contributed by atoms with Crippen molar-refractivity contribution in [3.8, 4) is 0 Å². The van der Waals surface area contributed by atoms with E-state index in [1.54, 1.807) is 0 Å². The monoisotopic (exact) mass is 278 g/mol. The molecular weight excluding hydrogens is 252 g/mol. The van der Waals surface area contributed by atoms with Gasteiger partial charge >= 0.3 is 0 Å². The maximum Gasteiger partial charge on any atom is 0.191 e. The third-order valence-electron chi connectivity index (χ3n) is 4.17. The van der Waals surface area contributed by atoms with Crippen molar-refractivity contribution in [2.45, 2.75) is 33.7 Å². The number of likely N-dealkylation sites (N-methyl/N-ethyl adjacent to an activating group) is 1. The average Bonchev–Trinajstić information content (AvgIpc) is 2.95. The van der Waals surface area contributed by atoms with E-state index < -0.39 is 0 Å². The number of nitrogens with zero attached hydrogens (tertiary/aromatic N) is 4. The smallest absolute Gasteiger partial charge is 0.191 e. The number of aryl methyl sites for hydroxylation is 2. The van der Waals surface area contributed by atoms with E-state index >= 15 is 0 Å². The molecule has 6 heteroatoms. The Bertz CT molecular complexity index is 455. The molecule has 0 aliphatic carbocycles. The molecule has 1 atom stereocenters. The SMILES string of the molecule is CCN(CC)CCN1C(N)=NCC1c1c(C)n[nH]c1C. The van der Waals surface area contributed by atoms with E-state index in [-0.39, 0.29) is 6.04 Å². The molecule has 2 heterocycles. The number of aliphatic imine (C=N–C) groups is 1. The molecule has 0 aromatic carbocycles. The predicted molar refractivity (Wildman–Crippen MR) is 81.8 cm³/mol. The van der Waals surface area contributed by atoms with E-state index in [0.29, 0.717) is 5.96 Å². The summed E-state index contributed by atoms with van der Waals surface area (Å²) in [5.41, 5.74) is 9.48. The van der Waals surface area contributed by atoms with Crippen LogP contribution in [0.25, 0.3) is 0 Å². The first-order valence-electron chi connectivity index (χ1n) is 7.38. The van der Waals surface area contributed by atoms with Crippen molar-refractivity contribution in [2.24, 2.45) is 10.7 Å². The van der Waals surface area contributed by atoms with Gasteiger partial charge in [0.15, 0.2) is 5.96 Å². The molecule has 0 spiro atoms.